The molecule has 4 amide bonds. The van der Waals surface area contributed by atoms with E-state index in [9.17, 15) is 14.4 Å². The number of aryl methyl sites for hydroxylation is 2. The largest absolute Gasteiger partial charge is 0.343 e. The van der Waals surface area contributed by atoms with Crippen LogP contribution in [-0.4, -0.2) is 39.2 Å². The van der Waals surface area contributed by atoms with Gasteiger partial charge in [0.2, 0.25) is 5.91 Å². The molecule has 30 heavy (non-hydrogen) atoms. The van der Waals surface area contributed by atoms with Gasteiger partial charge in [-0.15, -0.1) is 0 Å². The number of carbonyl (C=O) groups excluding carboxylic acids is 3. The fourth-order valence-corrected chi connectivity index (χ4v) is 3.26. The summed E-state index contributed by atoms with van der Waals surface area (Å²) in [5, 5.41) is 7.74. The molecule has 1 saturated heterocycles. The topological polar surface area (TPSA) is 96.3 Å². The van der Waals surface area contributed by atoms with E-state index in [0.717, 1.165) is 27.3 Å². The van der Waals surface area contributed by atoms with Gasteiger partial charge in [0.05, 0.1) is 12.1 Å². The average Bonchev–Trinajstić information content (AvgIpc) is 3.27. The Hall–Kier alpha value is -3.94. The molecule has 1 aromatic heterocycles. The fraction of sp³-hybridized carbons (Fsp3) is 0.182. The van der Waals surface area contributed by atoms with Crippen LogP contribution in [-0.2, 0) is 11.3 Å². The Morgan fingerprint density at radius 2 is 1.87 bits per heavy atom. The minimum atomic E-state index is -0.655. The van der Waals surface area contributed by atoms with E-state index in [2.05, 4.69) is 15.8 Å². The zero-order valence-electron chi connectivity index (χ0n) is 16.7. The van der Waals surface area contributed by atoms with Crippen molar-refractivity contribution in [1.82, 2.24) is 25.5 Å². The number of hydrogen-bond acceptors (Lipinski definition) is 4. The first-order valence-electron chi connectivity index (χ1n) is 9.52. The van der Waals surface area contributed by atoms with Gasteiger partial charge >= 0.3 is 6.03 Å². The fourth-order valence-electron chi connectivity index (χ4n) is 3.26. The number of hydrogen-bond donors (Lipinski definition) is 2. The van der Waals surface area contributed by atoms with Gasteiger partial charge in [-0.25, -0.2) is 9.80 Å². The summed E-state index contributed by atoms with van der Waals surface area (Å²) < 4.78 is 1.70. The molecule has 0 unspecified atom stereocenters. The van der Waals surface area contributed by atoms with Crippen molar-refractivity contribution in [3.05, 3.63) is 77.0 Å². The van der Waals surface area contributed by atoms with Crippen LogP contribution in [0.15, 0.2) is 54.7 Å². The van der Waals surface area contributed by atoms with Gasteiger partial charge in [-0.05, 0) is 36.6 Å². The lowest BCUT2D eigenvalue weighted by atomic mass is 10.0. The van der Waals surface area contributed by atoms with Crippen molar-refractivity contribution in [1.29, 1.82) is 0 Å². The molecule has 1 aliphatic rings. The van der Waals surface area contributed by atoms with E-state index in [0.29, 0.717) is 17.8 Å². The van der Waals surface area contributed by atoms with Crippen LogP contribution in [0.25, 0.3) is 11.3 Å². The standard InChI is InChI=1S/C22H21N5O3/c1-14-8-9-17(10-15(14)2)20-18(21(29)25-27-13-19(28)23-22(27)30)12-26(24-20)11-16-6-4-3-5-7-16/h3-10,12H,11,13H2,1-2H3,(H,25,29)(H,23,28,30). The zero-order valence-corrected chi connectivity index (χ0v) is 16.7. The Morgan fingerprint density at radius 1 is 1.10 bits per heavy atom. The summed E-state index contributed by atoms with van der Waals surface area (Å²) >= 11 is 0. The minimum Gasteiger partial charge on any atom is -0.275 e. The molecule has 2 aromatic carbocycles. The number of urea groups is 1. The first-order valence-corrected chi connectivity index (χ1v) is 9.52. The van der Waals surface area contributed by atoms with E-state index >= 15 is 0 Å². The van der Waals surface area contributed by atoms with Crippen LogP contribution in [0.5, 0.6) is 0 Å². The molecule has 8 heteroatoms. The average molecular weight is 403 g/mol. The summed E-state index contributed by atoms with van der Waals surface area (Å²) in [7, 11) is 0. The molecular formula is C22H21N5O3. The van der Waals surface area contributed by atoms with Crippen LogP contribution < -0.4 is 10.7 Å². The predicted molar refractivity (Wildman–Crippen MR) is 110 cm³/mol. The summed E-state index contributed by atoms with van der Waals surface area (Å²) in [5.41, 5.74) is 7.40. The van der Waals surface area contributed by atoms with Gasteiger partial charge in [-0.3, -0.25) is 25.0 Å². The maximum Gasteiger partial charge on any atom is 0.343 e. The first-order chi connectivity index (χ1) is 14.4. The predicted octanol–water partition coefficient (Wildman–Crippen LogP) is 2.41. The van der Waals surface area contributed by atoms with Crippen molar-refractivity contribution >= 4 is 17.8 Å². The highest BCUT2D eigenvalue weighted by atomic mass is 16.2. The van der Waals surface area contributed by atoms with Crippen molar-refractivity contribution in [3.63, 3.8) is 0 Å². The van der Waals surface area contributed by atoms with Gasteiger partial charge in [0.15, 0.2) is 0 Å². The molecule has 0 atom stereocenters. The summed E-state index contributed by atoms with van der Waals surface area (Å²) in [4.78, 5) is 36.2. The maximum atomic E-state index is 13.0. The Morgan fingerprint density at radius 3 is 2.53 bits per heavy atom. The summed E-state index contributed by atoms with van der Waals surface area (Å²) in [6.07, 6.45) is 1.66. The number of nitrogens with zero attached hydrogens (tertiary/aromatic N) is 3. The highest BCUT2D eigenvalue weighted by Gasteiger charge is 2.29. The molecule has 0 spiro atoms. The molecule has 8 nitrogen and oxygen atoms in total. The normalized spacial score (nSPS) is 13.5. The van der Waals surface area contributed by atoms with Crippen LogP contribution in [0.4, 0.5) is 4.79 Å². The van der Waals surface area contributed by atoms with Crippen molar-refractivity contribution < 1.29 is 14.4 Å². The molecule has 1 aliphatic heterocycles. The van der Waals surface area contributed by atoms with Crippen LogP contribution in [0, 0.1) is 13.8 Å². The lowest BCUT2D eigenvalue weighted by molar-refractivity contribution is -0.118. The van der Waals surface area contributed by atoms with Gasteiger partial charge in [-0.2, -0.15) is 5.10 Å². The first kappa shape index (κ1) is 19.4. The van der Waals surface area contributed by atoms with E-state index in [4.69, 9.17) is 0 Å². The molecule has 0 bridgehead atoms. The Labute approximate surface area is 173 Å². The molecular weight excluding hydrogens is 382 g/mol. The monoisotopic (exact) mass is 403 g/mol. The smallest absolute Gasteiger partial charge is 0.275 e. The SMILES string of the molecule is Cc1ccc(-c2nn(Cc3ccccc3)cc2C(=O)NN2CC(=O)NC2=O)cc1C. The van der Waals surface area contributed by atoms with E-state index in [1.807, 2.05) is 62.4 Å². The van der Waals surface area contributed by atoms with Gasteiger partial charge in [0, 0.05) is 11.8 Å². The van der Waals surface area contributed by atoms with Crippen LogP contribution >= 0.6 is 0 Å². The quantitative estimate of drug-likeness (QED) is 0.640. The summed E-state index contributed by atoms with van der Waals surface area (Å²) in [6.45, 7) is 4.29. The molecule has 1 fully saturated rings. The number of aromatic nitrogens is 2. The lowest BCUT2D eigenvalue weighted by Gasteiger charge is -2.14. The highest BCUT2D eigenvalue weighted by molar-refractivity contribution is 6.05. The van der Waals surface area contributed by atoms with Gasteiger partial charge in [0.25, 0.3) is 5.91 Å². The van der Waals surface area contributed by atoms with Crippen molar-refractivity contribution in [2.24, 2.45) is 0 Å². The number of amides is 4. The molecule has 4 rings (SSSR count). The van der Waals surface area contributed by atoms with Crippen molar-refractivity contribution in [2.45, 2.75) is 20.4 Å². The van der Waals surface area contributed by atoms with E-state index in [1.165, 1.54) is 0 Å². The molecule has 2 heterocycles. The van der Waals surface area contributed by atoms with E-state index in [-0.39, 0.29) is 6.54 Å². The molecule has 0 saturated carbocycles. The van der Waals surface area contributed by atoms with Crippen LogP contribution in [0.2, 0.25) is 0 Å². The zero-order chi connectivity index (χ0) is 21.3. The number of nitrogens with one attached hydrogen (secondary N) is 2. The molecule has 0 aliphatic carbocycles. The van der Waals surface area contributed by atoms with Crippen LogP contribution in [0.1, 0.15) is 27.0 Å². The Kier molecular flexibility index (Phi) is 5.05. The summed E-state index contributed by atoms with van der Waals surface area (Å²) in [6, 6.07) is 15.0. The number of hydrazine groups is 1. The van der Waals surface area contributed by atoms with Gasteiger partial charge < -0.3 is 0 Å². The number of imide groups is 1. The third-order valence-electron chi connectivity index (χ3n) is 5.00. The number of rotatable bonds is 5. The molecule has 152 valence electrons. The second-order valence-corrected chi connectivity index (χ2v) is 7.25. The highest BCUT2D eigenvalue weighted by Crippen LogP contribution is 2.25. The Balaban J connectivity index is 1.69. The van der Waals surface area contributed by atoms with Crippen molar-refractivity contribution in [3.8, 4) is 11.3 Å². The second kappa shape index (κ2) is 7.82. The van der Waals surface area contributed by atoms with Gasteiger partial charge in [0.1, 0.15) is 12.2 Å². The van der Waals surface area contributed by atoms with Crippen LogP contribution in [0.3, 0.4) is 0 Å². The van der Waals surface area contributed by atoms with Gasteiger partial charge in [-0.1, -0.05) is 42.5 Å². The second-order valence-electron chi connectivity index (χ2n) is 7.25. The number of carbonyl (C=O) groups is 3. The third-order valence-corrected chi connectivity index (χ3v) is 5.00. The van der Waals surface area contributed by atoms with E-state index in [1.54, 1.807) is 10.9 Å². The molecule has 0 radical (unpaired) electrons. The lowest BCUT2D eigenvalue weighted by Crippen LogP contribution is -2.44. The minimum absolute atomic E-state index is 0.221. The number of benzene rings is 2. The van der Waals surface area contributed by atoms with Crippen molar-refractivity contribution in [2.75, 3.05) is 6.54 Å². The molecule has 2 N–H and O–H groups in total. The third kappa shape index (κ3) is 3.93. The van der Waals surface area contributed by atoms with E-state index < -0.39 is 17.8 Å². The molecule has 3 aromatic rings. The Bertz CT molecular complexity index is 1140. The maximum absolute atomic E-state index is 13.0. The summed E-state index contributed by atoms with van der Waals surface area (Å²) in [5.74, 6) is -0.971.